The van der Waals surface area contributed by atoms with Gasteiger partial charge in [-0.2, -0.15) is 9.36 Å². The van der Waals surface area contributed by atoms with Gasteiger partial charge >= 0.3 is 0 Å². The van der Waals surface area contributed by atoms with Crippen LogP contribution >= 0.6 is 11.5 Å². The number of nitrogens with one attached hydrogen (secondary N) is 1. The molecular weight excluding hydrogens is 184 g/mol. The maximum Gasteiger partial charge on any atom is 0.202 e. The summed E-state index contributed by atoms with van der Waals surface area (Å²) in [6.45, 7) is 0. The molecule has 0 atom stereocenters. The average Bonchev–Trinajstić information content (AvgIpc) is 2.67. The third kappa shape index (κ3) is 1.65. The summed E-state index contributed by atoms with van der Waals surface area (Å²) in [5, 5.41) is 3.76. The standard InChI is InChI=1S/C8H8N4S/c1-9-8-11-7(12-13-8)6-3-2-4-10-5-6/h2-5H,1H3,(H,9,11,12). The van der Waals surface area contributed by atoms with Crippen molar-refractivity contribution in [2.45, 2.75) is 0 Å². The summed E-state index contributed by atoms with van der Waals surface area (Å²) in [6, 6.07) is 3.81. The van der Waals surface area contributed by atoms with Gasteiger partial charge in [0.1, 0.15) is 0 Å². The lowest BCUT2D eigenvalue weighted by atomic mass is 10.3. The number of anilines is 1. The molecule has 0 aliphatic heterocycles. The fourth-order valence-electron chi connectivity index (χ4n) is 0.937. The van der Waals surface area contributed by atoms with Gasteiger partial charge in [-0.05, 0) is 12.1 Å². The molecule has 4 nitrogen and oxygen atoms in total. The minimum absolute atomic E-state index is 0.724. The Labute approximate surface area is 79.8 Å². The van der Waals surface area contributed by atoms with Crippen LogP contribution < -0.4 is 5.32 Å². The fraction of sp³-hybridized carbons (Fsp3) is 0.125. The van der Waals surface area contributed by atoms with E-state index in [0.717, 1.165) is 16.5 Å². The van der Waals surface area contributed by atoms with Gasteiger partial charge in [-0.3, -0.25) is 4.98 Å². The summed E-state index contributed by atoms with van der Waals surface area (Å²) in [6.07, 6.45) is 3.48. The van der Waals surface area contributed by atoms with E-state index in [1.165, 1.54) is 11.5 Å². The van der Waals surface area contributed by atoms with Crippen molar-refractivity contribution in [1.82, 2.24) is 14.3 Å². The normalized spacial score (nSPS) is 9.92. The molecule has 0 amide bonds. The SMILES string of the molecule is CNc1nc(-c2cccnc2)ns1. The molecule has 0 aromatic carbocycles. The number of pyridine rings is 1. The van der Waals surface area contributed by atoms with Crippen LogP contribution in [0.2, 0.25) is 0 Å². The van der Waals surface area contributed by atoms with Gasteiger partial charge in [-0.15, -0.1) is 0 Å². The molecule has 2 aromatic heterocycles. The minimum atomic E-state index is 0.724. The Balaban J connectivity index is 2.36. The lowest BCUT2D eigenvalue weighted by Gasteiger charge is -1.91. The first-order chi connectivity index (χ1) is 6.40. The molecule has 1 N–H and O–H groups in total. The monoisotopic (exact) mass is 192 g/mol. The quantitative estimate of drug-likeness (QED) is 0.786. The van der Waals surface area contributed by atoms with Crippen LogP contribution in [0.5, 0.6) is 0 Å². The second-order valence-corrected chi connectivity index (χ2v) is 3.17. The van der Waals surface area contributed by atoms with E-state index in [9.17, 15) is 0 Å². The average molecular weight is 192 g/mol. The van der Waals surface area contributed by atoms with Crippen molar-refractivity contribution in [2.24, 2.45) is 0 Å². The van der Waals surface area contributed by atoms with E-state index in [4.69, 9.17) is 0 Å². The molecule has 0 saturated carbocycles. The topological polar surface area (TPSA) is 50.7 Å². The van der Waals surface area contributed by atoms with Gasteiger partial charge in [-0.25, -0.2) is 0 Å². The van der Waals surface area contributed by atoms with Crippen LogP contribution in [-0.2, 0) is 0 Å². The highest BCUT2D eigenvalue weighted by molar-refractivity contribution is 7.09. The molecular formula is C8H8N4S. The molecule has 0 aliphatic carbocycles. The van der Waals surface area contributed by atoms with Gasteiger partial charge < -0.3 is 5.32 Å². The van der Waals surface area contributed by atoms with Crippen LogP contribution in [0, 0.1) is 0 Å². The van der Waals surface area contributed by atoms with Crippen LogP contribution in [-0.4, -0.2) is 21.4 Å². The number of hydrogen-bond acceptors (Lipinski definition) is 5. The van der Waals surface area contributed by atoms with Crippen molar-refractivity contribution >= 4 is 16.7 Å². The fourth-order valence-corrected chi connectivity index (χ4v) is 1.48. The first-order valence-corrected chi connectivity index (χ1v) is 4.59. The van der Waals surface area contributed by atoms with Crippen molar-refractivity contribution in [2.75, 3.05) is 12.4 Å². The van der Waals surface area contributed by atoms with E-state index >= 15 is 0 Å². The number of hydrogen-bond donors (Lipinski definition) is 1. The summed E-state index contributed by atoms with van der Waals surface area (Å²) in [5.74, 6) is 0.724. The lowest BCUT2D eigenvalue weighted by Crippen LogP contribution is -1.86. The van der Waals surface area contributed by atoms with Gasteiger partial charge in [-0.1, -0.05) is 0 Å². The first-order valence-electron chi connectivity index (χ1n) is 3.82. The number of nitrogens with zero attached hydrogens (tertiary/aromatic N) is 3. The Hall–Kier alpha value is -1.49. The number of aromatic nitrogens is 3. The summed E-state index contributed by atoms with van der Waals surface area (Å²) in [4.78, 5) is 8.26. The van der Waals surface area contributed by atoms with E-state index in [0.29, 0.717) is 0 Å². The molecule has 2 rings (SSSR count). The van der Waals surface area contributed by atoms with Crippen LogP contribution in [0.15, 0.2) is 24.5 Å². The van der Waals surface area contributed by atoms with Crippen molar-refractivity contribution in [1.29, 1.82) is 0 Å². The molecule has 0 unspecified atom stereocenters. The highest BCUT2D eigenvalue weighted by Crippen LogP contribution is 2.18. The Morgan fingerprint density at radius 2 is 2.38 bits per heavy atom. The smallest absolute Gasteiger partial charge is 0.202 e. The molecule has 0 bridgehead atoms. The van der Waals surface area contributed by atoms with Crippen molar-refractivity contribution in [3.05, 3.63) is 24.5 Å². The van der Waals surface area contributed by atoms with Gasteiger partial charge in [0.2, 0.25) is 5.13 Å². The van der Waals surface area contributed by atoms with Crippen LogP contribution in [0.25, 0.3) is 11.4 Å². The molecule has 2 aromatic rings. The zero-order valence-corrected chi connectivity index (χ0v) is 7.88. The van der Waals surface area contributed by atoms with Crippen molar-refractivity contribution in [3.63, 3.8) is 0 Å². The zero-order valence-electron chi connectivity index (χ0n) is 7.06. The third-order valence-corrected chi connectivity index (χ3v) is 2.29. The highest BCUT2D eigenvalue weighted by Gasteiger charge is 2.03. The van der Waals surface area contributed by atoms with Crippen molar-refractivity contribution in [3.8, 4) is 11.4 Å². The van der Waals surface area contributed by atoms with Crippen LogP contribution in [0.3, 0.4) is 0 Å². The molecule has 0 spiro atoms. The van der Waals surface area contributed by atoms with E-state index in [-0.39, 0.29) is 0 Å². The van der Waals surface area contributed by atoms with Gasteiger partial charge in [0.25, 0.3) is 0 Å². The molecule has 0 fully saturated rings. The Morgan fingerprint density at radius 1 is 1.46 bits per heavy atom. The molecule has 66 valence electrons. The lowest BCUT2D eigenvalue weighted by molar-refractivity contribution is 1.26. The molecule has 0 saturated heterocycles. The zero-order chi connectivity index (χ0) is 9.10. The van der Waals surface area contributed by atoms with E-state index in [2.05, 4.69) is 19.7 Å². The Morgan fingerprint density at radius 3 is 3.00 bits per heavy atom. The van der Waals surface area contributed by atoms with Gasteiger partial charge in [0, 0.05) is 36.5 Å². The maximum atomic E-state index is 4.26. The highest BCUT2D eigenvalue weighted by atomic mass is 32.1. The van der Waals surface area contributed by atoms with E-state index in [1.807, 2.05) is 19.2 Å². The first kappa shape index (κ1) is 8.12. The molecule has 13 heavy (non-hydrogen) atoms. The predicted octanol–water partition coefficient (Wildman–Crippen LogP) is 1.64. The number of rotatable bonds is 2. The minimum Gasteiger partial charge on any atom is -0.363 e. The Kier molecular flexibility index (Phi) is 2.18. The largest absolute Gasteiger partial charge is 0.363 e. The van der Waals surface area contributed by atoms with E-state index in [1.54, 1.807) is 12.4 Å². The van der Waals surface area contributed by atoms with Crippen molar-refractivity contribution < 1.29 is 0 Å². The maximum absolute atomic E-state index is 4.26. The molecule has 5 heteroatoms. The Bertz CT molecular complexity index is 384. The van der Waals surface area contributed by atoms with Gasteiger partial charge in [0.15, 0.2) is 5.82 Å². The second-order valence-electron chi connectivity index (χ2n) is 2.41. The second kappa shape index (κ2) is 3.49. The molecule has 2 heterocycles. The van der Waals surface area contributed by atoms with Gasteiger partial charge in [0.05, 0.1) is 0 Å². The summed E-state index contributed by atoms with van der Waals surface area (Å²) in [5.41, 5.74) is 0.945. The third-order valence-electron chi connectivity index (χ3n) is 1.56. The molecule has 0 radical (unpaired) electrons. The van der Waals surface area contributed by atoms with Crippen LogP contribution in [0.4, 0.5) is 5.13 Å². The van der Waals surface area contributed by atoms with Crippen LogP contribution in [0.1, 0.15) is 0 Å². The summed E-state index contributed by atoms with van der Waals surface area (Å²) in [7, 11) is 1.83. The molecule has 0 aliphatic rings. The summed E-state index contributed by atoms with van der Waals surface area (Å²) < 4.78 is 4.19. The predicted molar refractivity (Wildman–Crippen MR) is 52.7 cm³/mol. The van der Waals surface area contributed by atoms with E-state index < -0.39 is 0 Å². The summed E-state index contributed by atoms with van der Waals surface area (Å²) >= 11 is 1.34.